The topological polar surface area (TPSA) is 265 Å². The van der Waals surface area contributed by atoms with Crippen LogP contribution in [0.2, 0.25) is 15.1 Å². The Balaban J connectivity index is 0.000000131. The van der Waals surface area contributed by atoms with Crippen molar-refractivity contribution in [2.75, 3.05) is 6.61 Å². The normalized spacial score (nSPS) is 11.1. The highest BCUT2D eigenvalue weighted by Gasteiger charge is 2.25. The molecule has 0 saturated carbocycles. The van der Waals surface area contributed by atoms with Gasteiger partial charge in [0.25, 0.3) is 16.7 Å². The molecule has 0 unspecified atom stereocenters. The van der Waals surface area contributed by atoms with Crippen LogP contribution < -0.4 is 22.4 Å². The molecule has 18 rings (SSSR count). The van der Waals surface area contributed by atoms with Crippen molar-refractivity contribution in [2.45, 2.75) is 6.92 Å². The van der Waals surface area contributed by atoms with Crippen molar-refractivity contribution in [3.05, 3.63) is 391 Å². The predicted octanol–water partition coefficient (Wildman–Crippen LogP) is 18.7. The maximum Gasteiger partial charge on any atom is 0.338 e. The van der Waals surface area contributed by atoms with Gasteiger partial charge in [-0.2, -0.15) is 0 Å². The van der Waals surface area contributed by atoms with Gasteiger partial charge in [0.2, 0.25) is 5.91 Å². The lowest BCUT2D eigenvalue weighted by Crippen LogP contribution is -2.22. The average Bonchev–Trinajstić information content (AvgIpc) is 1.52. The second-order valence-corrected chi connectivity index (χ2v) is 27.7. The van der Waals surface area contributed by atoms with E-state index in [1.807, 2.05) is 170 Å². The fourth-order valence-corrected chi connectivity index (χ4v) is 13.8. The van der Waals surface area contributed by atoms with Crippen LogP contribution in [0.4, 0.5) is 0 Å². The van der Waals surface area contributed by atoms with E-state index in [1.165, 1.54) is 40.2 Å². The molecule has 116 heavy (non-hydrogen) atoms. The summed E-state index contributed by atoms with van der Waals surface area (Å²) in [5, 5.41) is 11.1. The number of ether oxygens (including phenoxy) is 1. The Morgan fingerprint density at radius 2 is 0.612 bits per heavy atom. The monoisotopic (exact) mass is 1580 g/mol. The number of esters is 1. The minimum atomic E-state index is -1.05. The summed E-state index contributed by atoms with van der Waals surface area (Å²) in [4.78, 5) is 105. The van der Waals surface area contributed by atoms with Crippen molar-refractivity contribution in [1.29, 1.82) is 0 Å². The molecule has 24 heteroatoms. The van der Waals surface area contributed by atoms with Gasteiger partial charge in [-0.1, -0.05) is 217 Å². The molecule has 21 nitrogen and oxygen atoms in total. The van der Waals surface area contributed by atoms with E-state index in [-0.39, 0.29) is 45.4 Å². The van der Waals surface area contributed by atoms with Gasteiger partial charge in [0.15, 0.2) is 33.5 Å². The summed E-state index contributed by atoms with van der Waals surface area (Å²) in [7, 11) is 0. The number of primary amides is 1. The van der Waals surface area contributed by atoms with Crippen LogP contribution in [0.5, 0.6) is 0 Å². The lowest BCUT2D eigenvalue weighted by atomic mass is 10.0. The molecule has 0 aliphatic heterocycles. The van der Waals surface area contributed by atoms with E-state index in [9.17, 15) is 33.9 Å². The van der Waals surface area contributed by atoms with Crippen LogP contribution >= 0.6 is 34.8 Å². The third kappa shape index (κ3) is 15.3. The Morgan fingerprint density at radius 1 is 0.336 bits per heavy atom. The lowest BCUT2D eigenvalue weighted by molar-refractivity contribution is 0.0525. The molecule has 0 atom stereocenters. The number of carboxylic acids is 1. The second kappa shape index (κ2) is 32.7. The van der Waals surface area contributed by atoms with Crippen molar-refractivity contribution >= 4 is 86.1 Å². The number of rotatable bonds is 16. The standard InChI is InChI=1S/C32H23ClN4O3.C30H20ClN5O2.C30H19ClN4O3/c1-2-40-32(39)24-9-6-10-27(19-24)36-20-34-28-30(36)35-29(37(31(28)38)26-17-15-25(33)16-18-26)23-13-11-22(12-14-23)21-7-4-3-5-8-21;31-23-13-15-24(16-14-23)36-28(21-11-9-20(10-12-21)19-5-2-1-3-6-19)34-29-26(30(36)38)33-18-35(29)25-8-4-7-22(17-25)27(32)37;31-23-13-15-24(16-14-23)35-27(21-11-9-20(10-12-21)19-5-2-1-3-6-19)33-28-26(29(35)36)32-18-34(28)25-8-4-7-22(17-25)30(37)38/h3-20H,2H2,1H3;1-18H,(H2,32,37);1-18H,(H,37,38). The predicted molar refractivity (Wildman–Crippen MR) is 452 cm³/mol. The molecule has 0 spiro atoms. The Kier molecular flexibility index (Phi) is 21.2. The van der Waals surface area contributed by atoms with Crippen molar-refractivity contribution in [3.8, 4) is 102 Å². The smallest absolute Gasteiger partial charge is 0.338 e. The molecule has 0 bridgehead atoms. The van der Waals surface area contributed by atoms with Crippen molar-refractivity contribution in [1.82, 2.24) is 57.3 Å². The first-order valence-corrected chi connectivity index (χ1v) is 37.4. The van der Waals surface area contributed by atoms with E-state index in [1.54, 1.807) is 153 Å². The number of nitrogens with zero attached hydrogens (tertiary/aromatic N) is 12. The highest BCUT2D eigenvalue weighted by Crippen LogP contribution is 2.33. The van der Waals surface area contributed by atoms with Gasteiger partial charge in [-0.25, -0.2) is 39.5 Å². The van der Waals surface area contributed by atoms with E-state index >= 15 is 0 Å². The number of aromatic nitrogens is 12. The van der Waals surface area contributed by atoms with E-state index < -0.39 is 17.8 Å². The summed E-state index contributed by atoms with van der Waals surface area (Å²) in [5.74, 6) is -0.714. The van der Waals surface area contributed by atoms with Gasteiger partial charge in [-0.15, -0.1) is 0 Å². The number of carbonyl (C=O) groups is 3. The molecule has 18 aromatic rings. The van der Waals surface area contributed by atoms with Crippen molar-refractivity contribution in [3.63, 3.8) is 0 Å². The molecular weight excluding hydrogens is 1520 g/mol. The van der Waals surface area contributed by atoms with E-state index in [2.05, 4.69) is 15.0 Å². The highest BCUT2D eigenvalue weighted by atomic mass is 35.5. The van der Waals surface area contributed by atoms with Gasteiger partial charge < -0.3 is 15.6 Å². The van der Waals surface area contributed by atoms with E-state index in [4.69, 9.17) is 60.2 Å². The second-order valence-electron chi connectivity index (χ2n) is 26.4. The number of nitrogens with two attached hydrogens (primary N) is 1. The zero-order valence-electron chi connectivity index (χ0n) is 61.3. The summed E-state index contributed by atoms with van der Waals surface area (Å²) < 4.78 is 14.8. The SMILES string of the molecule is CCOC(=O)c1cccc(-n2cnc3c(=O)n(-c4ccc(Cl)cc4)c(-c4ccc(-c5ccccc5)cc4)nc32)c1.NC(=O)c1cccc(-n2cnc3c(=O)n(-c4ccc(Cl)cc4)c(-c4ccc(-c5ccccc5)cc4)nc32)c1.O=C(O)c1cccc(-n2cnc3c(=O)n(-c4ccc(Cl)cc4)c(-c4ccc(-c5ccccc5)cc4)nc32)c1. The van der Waals surface area contributed by atoms with E-state index in [0.717, 1.165) is 50.1 Å². The quantitative estimate of drug-likeness (QED) is 0.0852. The average molecular weight is 1580 g/mol. The van der Waals surface area contributed by atoms with Crippen molar-refractivity contribution < 1.29 is 24.2 Å². The highest BCUT2D eigenvalue weighted by molar-refractivity contribution is 6.31. The first kappa shape index (κ1) is 75.0. The molecule has 0 radical (unpaired) electrons. The van der Waals surface area contributed by atoms with Crippen LogP contribution in [0, 0.1) is 0 Å². The Labute approximate surface area is 675 Å². The minimum absolute atomic E-state index is 0.121. The number of benzene rings is 12. The first-order chi connectivity index (χ1) is 56.5. The van der Waals surface area contributed by atoms with Crippen LogP contribution in [-0.2, 0) is 4.74 Å². The number of aromatic carboxylic acids is 1. The van der Waals surface area contributed by atoms with Gasteiger partial charge in [0.05, 0.1) is 34.8 Å². The maximum atomic E-state index is 13.9. The first-order valence-electron chi connectivity index (χ1n) is 36.3. The van der Waals surface area contributed by atoms with Crippen LogP contribution in [-0.4, -0.2) is 86.9 Å². The number of hydrogen-bond acceptors (Lipinski definition) is 13. The number of carboxylic acid groups (broad SMARTS) is 1. The van der Waals surface area contributed by atoms with Crippen molar-refractivity contribution in [2.24, 2.45) is 5.73 Å². The fraction of sp³-hybridized carbons (Fsp3) is 0.0217. The summed E-state index contributed by atoms with van der Waals surface area (Å²) >= 11 is 18.4. The molecule has 564 valence electrons. The number of fused-ring (bicyclic) bond motifs is 3. The molecule has 6 heterocycles. The summed E-state index contributed by atoms with van der Waals surface area (Å²) in [6, 6.07) is 94.8. The maximum absolute atomic E-state index is 13.9. The van der Waals surface area contributed by atoms with E-state index in [0.29, 0.717) is 94.7 Å². The Morgan fingerprint density at radius 3 is 0.914 bits per heavy atom. The molecule has 12 aromatic carbocycles. The number of amides is 1. The third-order valence-electron chi connectivity index (χ3n) is 19.1. The zero-order valence-corrected chi connectivity index (χ0v) is 63.5. The molecule has 0 aliphatic carbocycles. The molecule has 0 fully saturated rings. The molecule has 3 N–H and O–H groups in total. The number of hydrogen-bond donors (Lipinski definition) is 2. The minimum Gasteiger partial charge on any atom is -0.478 e. The molecule has 1 amide bonds. The van der Waals surface area contributed by atoms with Crippen LogP contribution in [0.15, 0.2) is 343 Å². The zero-order chi connectivity index (χ0) is 80.1. The summed E-state index contributed by atoms with van der Waals surface area (Å²) in [6.45, 7) is 2.03. The van der Waals surface area contributed by atoms with Gasteiger partial charge in [-0.3, -0.25) is 46.6 Å². The summed E-state index contributed by atoms with van der Waals surface area (Å²) in [6.07, 6.45) is 4.54. The number of imidazole rings is 3. The fourth-order valence-electron chi connectivity index (χ4n) is 13.4. The van der Waals surface area contributed by atoms with Gasteiger partial charge in [0, 0.05) is 54.4 Å². The summed E-state index contributed by atoms with van der Waals surface area (Å²) in [5.41, 5.74) is 19.2. The molecule has 0 saturated heterocycles. The van der Waals surface area contributed by atoms with Crippen LogP contribution in [0.1, 0.15) is 38.0 Å². The number of carbonyl (C=O) groups excluding carboxylic acids is 2. The molecule has 6 aromatic heterocycles. The van der Waals surface area contributed by atoms with Gasteiger partial charge in [0.1, 0.15) is 36.5 Å². The van der Waals surface area contributed by atoms with Crippen LogP contribution in [0.3, 0.4) is 0 Å². The van der Waals surface area contributed by atoms with Crippen LogP contribution in [0.25, 0.3) is 135 Å². The Bertz CT molecular complexity index is 6660. The largest absolute Gasteiger partial charge is 0.478 e. The van der Waals surface area contributed by atoms with Gasteiger partial charge in [-0.05, 0) is 168 Å². The third-order valence-corrected chi connectivity index (χ3v) is 19.9. The number of halogens is 3. The molecular formula is C92H62Cl3N13O8. The molecule has 0 aliphatic rings. The lowest BCUT2D eigenvalue weighted by Gasteiger charge is -2.14. The van der Waals surface area contributed by atoms with Gasteiger partial charge >= 0.3 is 11.9 Å². The Hall–Kier alpha value is -15.0.